The van der Waals surface area contributed by atoms with E-state index in [4.69, 9.17) is 4.74 Å². The number of carbonyl (C=O) groups excluding carboxylic acids is 1. The summed E-state index contributed by atoms with van der Waals surface area (Å²) in [5.41, 5.74) is -0.322. The first-order chi connectivity index (χ1) is 7.12. The molecular formula is C12H21NO2. The zero-order chi connectivity index (χ0) is 10.9. The molecule has 0 bridgehead atoms. The lowest BCUT2D eigenvalue weighted by Gasteiger charge is -2.38. The summed E-state index contributed by atoms with van der Waals surface area (Å²) in [5.74, 6) is 0.637. The van der Waals surface area contributed by atoms with Gasteiger partial charge in [0.05, 0.1) is 0 Å². The van der Waals surface area contributed by atoms with Gasteiger partial charge < -0.3 is 4.74 Å². The molecule has 0 radical (unpaired) electrons. The smallest absolute Gasteiger partial charge is 0.326 e. The lowest BCUT2D eigenvalue weighted by Crippen LogP contribution is -2.60. The van der Waals surface area contributed by atoms with Crippen molar-refractivity contribution in [1.82, 2.24) is 5.32 Å². The number of ether oxygens (including phenoxy) is 1. The number of esters is 1. The van der Waals surface area contributed by atoms with Crippen LogP contribution >= 0.6 is 0 Å². The minimum atomic E-state index is -0.322. The fraction of sp³-hybridized carbons (Fsp3) is 0.917. The van der Waals surface area contributed by atoms with E-state index in [1.54, 1.807) is 0 Å². The summed E-state index contributed by atoms with van der Waals surface area (Å²) >= 11 is 0. The Morgan fingerprint density at radius 1 is 1.47 bits per heavy atom. The Morgan fingerprint density at radius 2 is 2.13 bits per heavy atom. The molecule has 15 heavy (non-hydrogen) atoms. The maximum atomic E-state index is 11.8. The standard InChI is InChI=1S/C12H21NO2/c1-9(2)7-10-8-15-11(14)12(13-10)5-3-4-6-12/h9-10,13H,3-8H2,1-2H3/t10-/m0/s1. The van der Waals surface area contributed by atoms with Crippen LogP contribution in [0.25, 0.3) is 0 Å². The van der Waals surface area contributed by atoms with Crippen LogP contribution in [0.15, 0.2) is 0 Å². The first-order valence-corrected chi connectivity index (χ1v) is 6.07. The van der Waals surface area contributed by atoms with Gasteiger partial charge in [0, 0.05) is 6.04 Å². The average Bonchev–Trinajstić information content (AvgIpc) is 2.60. The van der Waals surface area contributed by atoms with Gasteiger partial charge in [-0.15, -0.1) is 0 Å². The second-order valence-electron chi connectivity index (χ2n) is 5.36. The molecule has 2 rings (SSSR count). The molecular weight excluding hydrogens is 190 g/mol. The third-order valence-corrected chi connectivity index (χ3v) is 3.50. The molecule has 1 spiro atoms. The number of rotatable bonds is 2. The highest BCUT2D eigenvalue weighted by Gasteiger charge is 2.46. The van der Waals surface area contributed by atoms with Gasteiger partial charge in [0.25, 0.3) is 0 Å². The summed E-state index contributed by atoms with van der Waals surface area (Å²) in [6.07, 6.45) is 5.31. The van der Waals surface area contributed by atoms with Gasteiger partial charge in [0.1, 0.15) is 12.1 Å². The monoisotopic (exact) mass is 211 g/mol. The molecule has 0 aromatic carbocycles. The Morgan fingerprint density at radius 3 is 2.73 bits per heavy atom. The average molecular weight is 211 g/mol. The van der Waals surface area contributed by atoms with Crippen molar-refractivity contribution in [1.29, 1.82) is 0 Å². The van der Waals surface area contributed by atoms with Crippen LogP contribution in [0.2, 0.25) is 0 Å². The van der Waals surface area contributed by atoms with Crippen LogP contribution in [0.4, 0.5) is 0 Å². The van der Waals surface area contributed by atoms with E-state index >= 15 is 0 Å². The van der Waals surface area contributed by atoms with E-state index in [0.29, 0.717) is 18.6 Å². The molecule has 3 nitrogen and oxygen atoms in total. The van der Waals surface area contributed by atoms with Crippen molar-refractivity contribution >= 4 is 5.97 Å². The summed E-state index contributed by atoms with van der Waals surface area (Å²) < 4.78 is 5.33. The predicted molar refractivity (Wildman–Crippen MR) is 58.5 cm³/mol. The van der Waals surface area contributed by atoms with Crippen LogP contribution in [0, 0.1) is 5.92 Å². The van der Waals surface area contributed by atoms with Crippen molar-refractivity contribution in [3.63, 3.8) is 0 Å². The number of cyclic esters (lactones) is 1. The third-order valence-electron chi connectivity index (χ3n) is 3.50. The van der Waals surface area contributed by atoms with E-state index in [1.165, 1.54) is 0 Å². The van der Waals surface area contributed by atoms with Crippen molar-refractivity contribution in [3.8, 4) is 0 Å². The molecule has 0 aromatic rings. The molecule has 1 saturated carbocycles. The summed E-state index contributed by atoms with van der Waals surface area (Å²) in [5, 5.41) is 3.54. The number of carbonyl (C=O) groups is 1. The van der Waals surface area contributed by atoms with Gasteiger partial charge in [-0.3, -0.25) is 10.1 Å². The second kappa shape index (κ2) is 4.12. The Bertz CT molecular complexity index is 244. The summed E-state index contributed by atoms with van der Waals surface area (Å²) in [7, 11) is 0. The van der Waals surface area contributed by atoms with Crippen molar-refractivity contribution in [2.75, 3.05) is 6.61 Å². The minimum Gasteiger partial charge on any atom is -0.463 e. The second-order valence-corrected chi connectivity index (χ2v) is 5.36. The molecule has 0 unspecified atom stereocenters. The van der Waals surface area contributed by atoms with Gasteiger partial charge in [0.2, 0.25) is 0 Å². The molecule has 2 aliphatic rings. The van der Waals surface area contributed by atoms with E-state index in [0.717, 1.165) is 32.1 Å². The van der Waals surface area contributed by atoms with Crippen LogP contribution in [0.3, 0.4) is 0 Å². The van der Waals surface area contributed by atoms with Crippen molar-refractivity contribution < 1.29 is 9.53 Å². The van der Waals surface area contributed by atoms with E-state index in [2.05, 4.69) is 19.2 Å². The van der Waals surface area contributed by atoms with Gasteiger partial charge in [-0.25, -0.2) is 0 Å². The van der Waals surface area contributed by atoms with Gasteiger partial charge in [-0.05, 0) is 25.2 Å². The van der Waals surface area contributed by atoms with Crippen molar-refractivity contribution in [2.24, 2.45) is 5.92 Å². The largest absolute Gasteiger partial charge is 0.463 e. The summed E-state index contributed by atoms with van der Waals surface area (Å²) in [6, 6.07) is 0.362. The maximum Gasteiger partial charge on any atom is 0.326 e. The highest BCUT2D eigenvalue weighted by molar-refractivity contribution is 5.82. The summed E-state index contributed by atoms with van der Waals surface area (Å²) in [6.45, 7) is 4.97. The van der Waals surface area contributed by atoms with Crippen LogP contribution < -0.4 is 5.32 Å². The molecule has 0 amide bonds. The molecule has 1 heterocycles. The predicted octanol–water partition coefficient (Wildman–Crippen LogP) is 1.86. The number of hydrogen-bond acceptors (Lipinski definition) is 3. The maximum absolute atomic E-state index is 11.8. The first kappa shape index (κ1) is 10.9. The topological polar surface area (TPSA) is 38.3 Å². The van der Waals surface area contributed by atoms with Gasteiger partial charge >= 0.3 is 5.97 Å². The van der Waals surface area contributed by atoms with Crippen LogP contribution in [0.5, 0.6) is 0 Å². The number of hydrogen-bond donors (Lipinski definition) is 1. The van der Waals surface area contributed by atoms with Gasteiger partial charge in [-0.1, -0.05) is 26.7 Å². The molecule has 1 atom stereocenters. The normalized spacial score (nSPS) is 29.8. The van der Waals surface area contributed by atoms with E-state index < -0.39 is 0 Å². The Balaban J connectivity index is 2.01. The third kappa shape index (κ3) is 2.17. The lowest BCUT2D eigenvalue weighted by atomic mass is 9.92. The van der Waals surface area contributed by atoms with Crippen molar-refractivity contribution in [2.45, 2.75) is 57.5 Å². The van der Waals surface area contributed by atoms with Crippen LogP contribution in [-0.4, -0.2) is 24.2 Å². The highest BCUT2D eigenvalue weighted by Crippen LogP contribution is 2.33. The molecule has 86 valence electrons. The Labute approximate surface area is 91.6 Å². The number of nitrogens with one attached hydrogen (secondary N) is 1. The van der Waals surface area contributed by atoms with Crippen LogP contribution in [0.1, 0.15) is 46.0 Å². The Hall–Kier alpha value is -0.570. The van der Waals surface area contributed by atoms with Crippen molar-refractivity contribution in [3.05, 3.63) is 0 Å². The Kier molecular flexibility index (Phi) is 3.01. The van der Waals surface area contributed by atoms with E-state index in [-0.39, 0.29) is 11.5 Å². The summed E-state index contributed by atoms with van der Waals surface area (Å²) in [4.78, 5) is 11.8. The highest BCUT2D eigenvalue weighted by atomic mass is 16.5. The molecule has 1 aliphatic heterocycles. The van der Waals surface area contributed by atoms with Gasteiger partial charge in [-0.2, -0.15) is 0 Å². The van der Waals surface area contributed by atoms with E-state index in [9.17, 15) is 4.79 Å². The fourth-order valence-corrected chi connectivity index (χ4v) is 2.83. The molecule has 0 aromatic heterocycles. The molecule has 1 saturated heterocycles. The molecule has 2 fully saturated rings. The van der Waals surface area contributed by atoms with Gasteiger partial charge in [0.15, 0.2) is 0 Å². The zero-order valence-corrected chi connectivity index (χ0v) is 9.71. The molecule has 1 aliphatic carbocycles. The minimum absolute atomic E-state index is 0.0139. The molecule has 3 heteroatoms. The van der Waals surface area contributed by atoms with Crippen LogP contribution in [-0.2, 0) is 9.53 Å². The SMILES string of the molecule is CC(C)C[C@H]1COC(=O)C2(CCCC2)N1. The molecule has 1 N–H and O–H groups in total. The van der Waals surface area contributed by atoms with E-state index in [1.807, 2.05) is 0 Å². The zero-order valence-electron chi connectivity index (χ0n) is 9.71. The first-order valence-electron chi connectivity index (χ1n) is 6.07. The quantitative estimate of drug-likeness (QED) is 0.708. The lowest BCUT2D eigenvalue weighted by molar-refractivity contribution is -0.159. The number of morpholine rings is 1. The fourth-order valence-electron chi connectivity index (χ4n) is 2.83.